The van der Waals surface area contributed by atoms with Crippen LogP contribution in [-0.4, -0.2) is 12.1 Å². The van der Waals surface area contributed by atoms with Gasteiger partial charge in [-0.15, -0.1) is 0 Å². The molecule has 3 fully saturated rings. The van der Waals surface area contributed by atoms with Crippen LogP contribution in [0.3, 0.4) is 0 Å². The minimum Gasteiger partial charge on any atom is -0.311 e. The van der Waals surface area contributed by atoms with E-state index in [1.807, 2.05) is 0 Å². The lowest BCUT2D eigenvalue weighted by atomic mass is 9.81. The first kappa shape index (κ1) is 13.9. The summed E-state index contributed by atoms with van der Waals surface area (Å²) < 4.78 is 0. The largest absolute Gasteiger partial charge is 0.311 e. The third-order valence-electron chi connectivity index (χ3n) is 6.48. The van der Waals surface area contributed by atoms with Crippen LogP contribution in [-0.2, 0) is 0 Å². The monoisotopic (exact) mass is 263 g/mol. The van der Waals surface area contributed by atoms with Crippen molar-refractivity contribution in [3.63, 3.8) is 0 Å². The van der Waals surface area contributed by atoms with Gasteiger partial charge >= 0.3 is 0 Å². The van der Waals surface area contributed by atoms with Gasteiger partial charge in [-0.2, -0.15) is 0 Å². The first-order valence-corrected chi connectivity index (χ1v) is 9.02. The SMILES string of the molecule is CCCC1CCC(NC(C)C2CC3CCC2C3)CC1. The van der Waals surface area contributed by atoms with Crippen LogP contribution in [0.15, 0.2) is 0 Å². The molecule has 1 heteroatoms. The van der Waals surface area contributed by atoms with Crippen molar-refractivity contribution in [1.82, 2.24) is 5.32 Å². The molecule has 0 radical (unpaired) electrons. The standard InChI is InChI=1S/C18H33N/c1-3-4-14-6-9-17(10-7-14)19-13(2)18-12-15-5-8-16(18)11-15/h13-19H,3-12H2,1-2H3. The smallest absolute Gasteiger partial charge is 0.00723 e. The van der Waals surface area contributed by atoms with E-state index in [1.165, 1.54) is 57.8 Å². The summed E-state index contributed by atoms with van der Waals surface area (Å²) in [7, 11) is 0. The minimum atomic E-state index is 0.781. The second-order valence-electron chi connectivity index (χ2n) is 7.80. The molecule has 1 nitrogen and oxygen atoms in total. The van der Waals surface area contributed by atoms with Crippen LogP contribution in [0.5, 0.6) is 0 Å². The Bertz CT molecular complexity index is 279. The Hall–Kier alpha value is -0.0400. The first-order chi connectivity index (χ1) is 9.26. The summed E-state index contributed by atoms with van der Waals surface area (Å²) >= 11 is 0. The molecule has 3 saturated carbocycles. The molecule has 110 valence electrons. The molecule has 4 atom stereocenters. The van der Waals surface area contributed by atoms with Gasteiger partial charge in [0, 0.05) is 12.1 Å². The molecule has 0 amide bonds. The van der Waals surface area contributed by atoms with Gasteiger partial charge in [-0.3, -0.25) is 0 Å². The fourth-order valence-electron chi connectivity index (χ4n) is 5.43. The van der Waals surface area contributed by atoms with Crippen LogP contribution < -0.4 is 5.32 Å². The molecule has 2 bridgehead atoms. The zero-order valence-electron chi connectivity index (χ0n) is 13.0. The number of hydrogen-bond acceptors (Lipinski definition) is 1. The average Bonchev–Trinajstić information content (AvgIpc) is 3.04. The van der Waals surface area contributed by atoms with E-state index in [0.717, 1.165) is 35.8 Å². The predicted octanol–water partition coefficient (Wildman–Crippen LogP) is 4.76. The molecule has 0 aromatic heterocycles. The second kappa shape index (κ2) is 6.16. The zero-order chi connectivity index (χ0) is 13.2. The van der Waals surface area contributed by atoms with E-state index in [1.54, 1.807) is 6.42 Å². The van der Waals surface area contributed by atoms with Gasteiger partial charge in [0.25, 0.3) is 0 Å². The Morgan fingerprint density at radius 3 is 2.37 bits per heavy atom. The fraction of sp³-hybridized carbons (Fsp3) is 1.00. The molecule has 1 N–H and O–H groups in total. The van der Waals surface area contributed by atoms with Gasteiger partial charge in [0.1, 0.15) is 0 Å². The molecule has 3 aliphatic rings. The maximum atomic E-state index is 4.01. The van der Waals surface area contributed by atoms with Crippen LogP contribution in [0.4, 0.5) is 0 Å². The highest BCUT2D eigenvalue weighted by molar-refractivity contribution is 4.95. The van der Waals surface area contributed by atoms with Crippen molar-refractivity contribution >= 4 is 0 Å². The molecule has 19 heavy (non-hydrogen) atoms. The summed E-state index contributed by atoms with van der Waals surface area (Å²) in [6.07, 6.45) is 14.8. The Morgan fingerprint density at radius 2 is 1.79 bits per heavy atom. The summed E-state index contributed by atoms with van der Waals surface area (Å²) in [5.41, 5.74) is 0. The zero-order valence-corrected chi connectivity index (χ0v) is 13.0. The van der Waals surface area contributed by atoms with Crippen molar-refractivity contribution in [2.24, 2.45) is 23.7 Å². The summed E-state index contributed by atoms with van der Waals surface area (Å²) in [5.74, 6) is 4.22. The molecule has 0 aromatic carbocycles. The van der Waals surface area contributed by atoms with E-state index >= 15 is 0 Å². The first-order valence-electron chi connectivity index (χ1n) is 9.02. The lowest BCUT2D eigenvalue weighted by Crippen LogP contribution is -2.44. The van der Waals surface area contributed by atoms with Crippen molar-refractivity contribution in [2.75, 3.05) is 0 Å². The number of nitrogens with one attached hydrogen (secondary N) is 1. The summed E-state index contributed by atoms with van der Waals surface area (Å²) in [5, 5.41) is 4.01. The van der Waals surface area contributed by atoms with Crippen molar-refractivity contribution in [2.45, 2.75) is 90.1 Å². The van der Waals surface area contributed by atoms with E-state index in [-0.39, 0.29) is 0 Å². The van der Waals surface area contributed by atoms with Gasteiger partial charge in [-0.1, -0.05) is 26.2 Å². The van der Waals surface area contributed by atoms with Gasteiger partial charge in [0.2, 0.25) is 0 Å². The molecule has 0 spiro atoms. The Kier molecular flexibility index (Phi) is 4.51. The van der Waals surface area contributed by atoms with Crippen LogP contribution >= 0.6 is 0 Å². The van der Waals surface area contributed by atoms with Crippen molar-refractivity contribution in [1.29, 1.82) is 0 Å². The van der Waals surface area contributed by atoms with Gasteiger partial charge < -0.3 is 5.32 Å². The number of fused-ring (bicyclic) bond motifs is 2. The normalized spacial score (nSPS) is 43.6. The topological polar surface area (TPSA) is 12.0 Å². The highest BCUT2D eigenvalue weighted by atomic mass is 15.0. The molecular weight excluding hydrogens is 230 g/mol. The van der Waals surface area contributed by atoms with Crippen LogP contribution in [0.1, 0.15) is 78.1 Å². The molecule has 3 aliphatic carbocycles. The van der Waals surface area contributed by atoms with Crippen molar-refractivity contribution in [3.05, 3.63) is 0 Å². The summed E-state index contributed by atoms with van der Waals surface area (Å²) in [4.78, 5) is 0. The summed E-state index contributed by atoms with van der Waals surface area (Å²) in [6.45, 7) is 4.81. The third kappa shape index (κ3) is 3.17. The molecule has 0 aliphatic heterocycles. The van der Waals surface area contributed by atoms with Gasteiger partial charge in [0.15, 0.2) is 0 Å². The van der Waals surface area contributed by atoms with Gasteiger partial charge in [0.05, 0.1) is 0 Å². The minimum absolute atomic E-state index is 0.781. The molecule has 0 heterocycles. The lowest BCUT2D eigenvalue weighted by molar-refractivity contribution is 0.209. The van der Waals surface area contributed by atoms with Crippen LogP contribution in [0.25, 0.3) is 0 Å². The number of hydrogen-bond donors (Lipinski definition) is 1. The van der Waals surface area contributed by atoms with Crippen molar-refractivity contribution < 1.29 is 0 Å². The Morgan fingerprint density at radius 1 is 1.00 bits per heavy atom. The van der Waals surface area contributed by atoms with Crippen LogP contribution in [0, 0.1) is 23.7 Å². The van der Waals surface area contributed by atoms with E-state index in [2.05, 4.69) is 19.2 Å². The highest BCUT2D eigenvalue weighted by Gasteiger charge is 2.42. The Labute approximate surface area is 119 Å². The van der Waals surface area contributed by atoms with E-state index in [9.17, 15) is 0 Å². The molecule has 0 aromatic rings. The fourth-order valence-corrected chi connectivity index (χ4v) is 5.43. The third-order valence-corrected chi connectivity index (χ3v) is 6.48. The molecular formula is C18H33N. The van der Waals surface area contributed by atoms with E-state index in [0.29, 0.717) is 0 Å². The second-order valence-corrected chi connectivity index (χ2v) is 7.80. The van der Waals surface area contributed by atoms with E-state index in [4.69, 9.17) is 0 Å². The lowest BCUT2D eigenvalue weighted by Gasteiger charge is -2.35. The van der Waals surface area contributed by atoms with Gasteiger partial charge in [-0.05, 0) is 75.5 Å². The maximum absolute atomic E-state index is 4.01. The average molecular weight is 263 g/mol. The van der Waals surface area contributed by atoms with Gasteiger partial charge in [-0.25, -0.2) is 0 Å². The molecule has 0 saturated heterocycles. The van der Waals surface area contributed by atoms with E-state index < -0.39 is 0 Å². The highest BCUT2D eigenvalue weighted by Crippen LogP contribution is 2.49. The predicted molar refractivity (Wildman–Crippen MR) is 82.2 cm³/mol. The van der Waals surface area contributed by atoms with Crippen molar-refractivity contribution in [3.8, 4) is 0 Å². The Balaban J connectivity index is 1.42. The quantitative estimate of drug-likeness (QED) is 0.754. The molecule has 4 unspecified atom stereocenters. The number of rotatable bonds is 5. The van der Waals surface area contributed by atoms with Crippen LogP contribution in [0.2, 0.25) is 0 Å². The maximum Gasteiger partial charge on any atom is 0.00723 e. The summed E-state index contributed by atoms with van der Waals surface area (Å²) in [6, 6.07) is 1.62. The molecule has 3 rings (SSSR count).